The van der Waals surface area contributed by atoms with E-state index in [1.807, 2.05) is 13.0 Å². The van der Waals surface area contributed by atoms with E-state index in [1.54, 1.807) is 24.3 Å². The van der Waals surface area contributed by atoms with E-state index in [9.17, 15) is 13.2 Å². The van der Waals surface area contributed by atoms with E-state index in [0.29, 0.717) is 10.7 Å². The van der Waals surface area contributed by atoms with Crippen LogP contribution in [0.15, 0.2) is 42.5 Å². The molecule has 2 aromatic rings. The minimum atomic E-state index is -3.60. The summed E-state index contributed by atoms with van der Waals surface area (Å²) >= 11 is 5.87. The summed E-state index contributed by atoms with van der Waals surface area (Å²) in [6, 6.07) is 12.5. The molecular weight excluding hydrogens is 384 g/mol. The highest BCUT2D eigenvalue weighted by Gasteiger charge is 2.22. The monoisotopic (exact) mass is 406 g/mol. The minimum Gasteiger partial charge on any atom is -0.348 e. The van der Waals surface area contributed by atoms with Gasteiger partial charge in [0, 0.05) is 5.02 Å². The molecule has 5 nitrogen and oxygen atoms in total. The number of halogens is 1. The minimum absolute atomic E-state index is 0.199. The molecule has 1 atom stereocenters. The van der Waals surface area contributed by atoms with E-state index in [-0.39, 0.29) is 18.5 Å². The lowest BCUT2D eigenvalue weighted by Gasteiger charge is -2.23. The van der Waals surface area contributed by atoms with Gasteiger partial charge in [0.1, 0.15) is 6.54 Å². The van der Waals surface area contributed by atoms with Crippen LogP contribution in [0.3, 0.4) is 0 Å². The third kappa shape index (κ3) is 4.82. The number of benzene rings is 2. The molecule has 27 heavy (non-hydrogen) atoms. The number of carbonyl (C=O) groups excluding carboxylic acids is 1. The topological polar surface area (TPSA) is 66.5 Å². The molecule has 1 amide bonds. The maximum Gasteiger partial charge on any atom is 0.241 e. The second-order valence-corrected chi connectivity index (χ2v) is 9.26. The smallest absolute Gasteiger partial charge is 0.241 e. The standard InChI is InChI=1S/C20H23ClN2O3S/c1-14(16-7-6-15-4-3-5-17(15)12-16)22-20(24)13-23(27(2,25)26)19-10-8-18(21)9-11-19/h6-12,14H,3-5,13H2,1-2H3,(H,22,24)/t14-/m1/s1. The van der Waals surface area contributed by atoms with Gasteiger partial charge in [0.2, 0.25) is 15.9 Å². The lowest BCUT2D eigenvalue weighted by molar-refractivity contribution is -0.120. The second-order valence-electron chi connectivity index (χ2n) is 6.92. The molecule has 0 aliphatic heterocycles. The van der Waals surface area contributed by atoms with Gasteiger partial charge < -0.3 is 5.32 Å². The van der Waals surface area contributed by atoms with Crippen LogP contribution in [-0.4, -0.2) is 27.1 Å². The van der Waals surface area contributed by atoms with Gasteiger partial charge in [-0.05, 0) is 67.1 Å². The maximum absolute atomic E-state index is 12.5. The van der Waals surface area contributed by atoms with Gasteiger partial charge >= 0.3 is 0 Å². The molecule has 7 heteroatoms. The van der Waals surface area contributed by atoms with Crippen molar-refractivity contribution in [2.24, 2.45) is 0 Å². The second kappa shape index (κ2) is 7.90. The average molecular weight is 407 g/mol. The van der Waals surface area contributed by atoms with Crippen LogP contribution in [0.1, 0.15) is 36.1 Å². The molecule has 0 saturated heterocycles. The van der Waals surface area contributed by atoms with Crippen LogP contribution in [0.2, 0.25) is 5.02 Å². The largest absolute Gasteiger partial charge is 0.348 e. The fraction of sp³-hybridized carbons (Fsp3) is 0.350. The Morgan fingerprint density at radius 1 is 1.15 bits per heavy atom. The van der Waals surface area contributed by atoms with Gasteiger partial charge in [0.25, 0.3) is 0 Å². The number of fused-ring (bicyclic) bond motifs is 1. The Morgan fingerprint density at radius 2 is 1.81 bits per heavy atom. The van der Waals surface area contributed by atoms with E-state index < -0.39 is 10.0 Å². The summed E-state index contributed by atoms with van der Waals surface area (Å²) in [6.07, 6.45) is 4.44. The van der Waals surface area contributed by atoms with Gasteiger partial charge in [0.15, 0.2) is 0 Å². The van der Waals surface area contributed by atoms with Crippen LogP contribution in [-0.2, 0) is 27.7 Å². The molecule has 3 rings (SSSR count). The first kappa shape index (κ1) is 19.7. The first-order chi connectivity index (χ1) is 12.7. The van der Waals surface area contributed by atoms with Gasteiger partial charge in [-0.25, -0.2) is 8.42 Å². The van der Waals surface area contributed by atoms with Crippen LogP contribution in [0.25, 0.3) is 0 Å². The summed E-state index contributed by atoms with van der Waals surface area (Å²) < 4.78 is 25.4. The summed E-state index contributed by atoms with van der Waals surface area (Å²) in [5, 5.41) is 3.40. The van der Waals surface area contributed by atoms with Gasteiger partial charge in [-0.15, -0.1) is 0 Å². The molecule has 0 fully saturated rings. The van der Waals surface area contributed by atoms with Gasteiger partial charge in [-0.1, -0.05) is 29.8 Å². The molecule has 1 N–H and O–H groups in total. The summed E-state index contributed by atoms with van der Waals surface area (Å²) in [5.41, 5.74) is 4.15. The van der Waals surface area contributed by atoms with Gasteiger partial charge in [-0.3, -0.25) is 9.10 Å². The molecule has 1 aliphatic rings. The van der Waals surface area contributed by atoms with E-state index in [0.717, 1.165) is 29.0 Å². The number of nitrogens with one attached hydrogen (secondary N) is 1. The van der Waals surface area contributed by atoms with Crippen LogP contribution >= 0.6 is 11.6 Å². The summed E-state index contributed by atoms with van der Waals surface area (Å²) in [5.74, 6) is -0.358. The van der Waals surface area contributed by atoms with Crippen molar-refractivity contribution in [3.63, 3.8) is 0 Å². The number of carbonyl (C=O) groups is 1. The number of hydrogen-bond donors (Lipinski definition) is 1. The fourth-order valence-corrected chi connectivity index (χ4v) is 4.35. The van der Waals surface area contributed by atoms with Crippen molar-refractivity contribution in [1.82, 2.24) is 5.32 Å². The Balaban J connectivity index is 1.71. The summed E-state index contributed by atoms with van der Waals surface area (Å²) in [7, 11) is -3.60. The molecule has 0 aromatic heterocycles. The number of hydrogen-bond acceptors (Lipinski definition) is 3. The maximum atomic E-state index is 12.5. The van der Waals surface area contributed by atoms with Crippen LogP contribution in [0.5, 0.6) is 0 Å². The summed E-state index contributed by atoms with van der Waals surface area (Å²) in [4.78, 5) is 12.5. The van der Waals surface area contributed by atoms with Crippen molar-refractivity contribution in [3.8, 4) is 0 Å². The van der Waals surface area contributed by atoms with Crippen molar-refractivity contribution < 1.29 is 13.2 Å². The third-order valence-electron chi connectivity index (χ3n) is 4.80. The fourth-order valence-electron chi connectivity index (χ4n) is 3.37. The first-order valence-electron chi connectivity index (χ1n) is 8.88. The lowest BCUT2D eigenvalue weighted by Crippen LogP contribution is -2.41. The Bertz CT molecular complexity index is 942. The van der Waals surface area contributed by atoms with Crippen molar-refractivity contribution in [1.29, 1.82) is 0 Å². The molecule has 0 radical (unpaired) electrons. The summed E-state index contributed by atoms with van der Waals surface area (Å²) in [6.45, 7) is 1.62. The van der Waals surface area contributed by atoms with Gasteiger partial charge in [-0.2, -0.15) is 0 Å². The third-order valence-corrected chi connectivity index (χ3v) is 6.19. The molecule has 0 bridgehead atoms. The number of amides is 1. The quantitative estimate of drug-likeness (QED) is 0.798. The molecule has 2 aromatic carbocycles. The van der Waals surface area contributed by atoms with Crippen LogP contribution in [0.4, 0.5) is 5.69 Å². The highest BCUT2D eigenvalue weighted by Crippen LogP contribution is 2.25. The van der Waals surface area contributed by atoms with Crippen molar-refractivity contribution in [2.75, 3.05) is 17.1 Å². The number of sulfonamides is 1. The van der Waals surface area contributed by atoms with E-state index in [2.05, 4.69) is 17.4 Å². The molecule has 0 saturated carbocycles. The molecular formula is C20H23ClN2O3S. The molecule has 0 unspecified atom stereocenters. The van der Waals surface area contributed by atoms with Crippen molar-refractivity contribution >= 4 is 33.2 Å². The number of nitrogens with zero attached hydrogens (tertiary/aromatic N) is 1. The predicted molar refractivity (Wildman–Crippen MR) is 109 cm³/mol. The Morgan fingerprint density at radius 3 is 2.48 bits per heavy atom. The zero-order valence-electron chi connectivity index (χ0n) is 15.4. The highest BCUT2D eigenvalue weighted by atomic mass is 35.5. The van der Waals surface area contributed by atoms with Crippen molar-refractivity contribution in [3.05, 3.63) is 64.2 Å². The van der Waals surface area contributed by atoms with E-state index >= 15 is 0 Å². The highest BCUT2D eigenvalue weighted by molar-refractivity contribution is 7.92. The molecule has 0 spiro atoms. The Kier molecular flexibility index (Phi) is 5.77. The zero-order chi connectivity index (χ0) is 19.6. The lowest BCUT2D eigenvalue weighted by atomic mass is 10.0. The van der Waals surface area contributed by atoms with Crippen molar-refractivity contribution in [2.45, 2.75) is 32.2 Å². The number of rotatable bonds is 6. The number of anilines is 1. The molecule has 0 heterocycles. The first-order valence-corrected chi connectivity index (χ1v) is 11.1. The Labute approximate surface area is 165 Å². The predicted octanol–water partition coefficient (Wildman–Crippen LogP) is 3.47. The van der Waals surface area contributed by atoms with Crippen LogP contribution < -0.4 is 9.62 Å². The Hall–Kier alpha value is -2.05. The van der Waals surface area contributed by atoms with Gasteiger partial charge in [0.05, 0.1) is 18.0 Å². The van der Waals surface area contributed by atoms with Crippen LogP contribution in [0, 0.1) is 0 Å². The van der Waals surface area contributed by atoms with E-state index in [1.165, 1.54) is 17.5 Å². The molecule has 144 valence electrons. The normalized spacial score (nSPS) is 14.5. The number of aryl methyl sites for hydroxylation is 2. The van der Waals surface area contributed by atoms with E-state index in [4.69, 9.17) is 11.6 Å². The average Bonchev–Trinajstić information content (AvgIpc) is 3.07. The molecule has 1 aliphatic carbocycles. The zero-order valence-corrected chi connectivity index (χ0v) is 17.0. The SMILES string of the molecule is C[C@@H](NC(=O)CN(c1ccc(Cl)cc1)S(C)(=O)=O)c1ccc2c(c1)CCC2.